The van der Waals surface area contributed by atoms with Gasteiger partial charge in [0.25, 0.3) is 11.8 Å². The minimum Gasteiger partial charge on any atom is -0.321 e. The van der Waals surface area contributed by atoms with Gasteiger partial charge in [0, 0.05) is 18.6 Å². The van der Waals surface area contributed by atoms with Crippen LogP contribution in [0.25, 0.3) is 0 Å². The van der Waals surface area contributed by atoms with E-state index in [2.05, 4.69) is 15.4 Å². The molecule has 2 aromatic carbocycles. The molecule has 0 bridgehead atoms. The Morgan fingerprint density at radius 3 is 2.46 bits per heavy atom. The van der Waals surface area contributed by atoms with Crippen molar-refractivity contribution in [3.63, 3.8) is 0 Å². The summed E-state index contributed by atoms with van der Waals surface area (Å²) in [7, 11) is 0. The van der Waals surface area contributed by atoms with Crippen LogP contribution in [0.2, 0.25) is 0 Å². The van der Waals surface area contributed by atoms with Crippen LogP contribution in [0.15, 0.2) is 78.2 Å². The van der Waals surface area contributed by atoms with Crippen molar-refractivity contribution in [3.05, 3.63) is 89.7 Å². The number of aromatic nitrogens is 1. The zero-order valence-corrected chi connectivity index (χ0v) is 15.7. The maximum absolute atomic E-state index is 13.2. The predicted molar refractivity (Wildman–Crippen MR) is 111 cm³/mol. The number of carbonyl (C=O) groups is 2. The fraction of sp³-hybridized carbons (Fsp3) is 0.0909. The Labute approximate surface area is 163 Å². The third kappa shape index (κ3) is 4.29. The van der Waals surface area contributed by atoms with E-state index < -0.39 is 0 Å². The highest BCUT2D eigenvalue weighted by molar-refractivity contribution is 6.13. The standard InChI is InChI=1S/C22H20N4O2/c1-3-24-26(18-12-10-16(2)11-13-18)22(28)19-8-4-5-9-20(19)25-21(27)17-7-6-14-23-15-17/h3-15H,1-2H3,(H,25,27). The molecular formula is C22H20N4O2. The molecule has 3 aromatic rings. The van der Waals surface area contributed by atoms with E-state index in [9.17, 15) is 9.59 Å². The van der Waals surface area contributed by atoms with Gasteiger partial charge in [0.05, 0.1) is 22.5 Å². The van der Waals surface area contributed by atoms with Gasteiger partial charge in [0.1, 0.15) is 0 Å². The monoisotopic (exact) mass is 372 g/mol. The number of pyridine rings is 1. The second-order valence-corrected chi connectivity index (χ2v) is 6.07. The number of carbonyl (C=O) groups excluding carboxylic acids is 2. The van der Waals surface area contributed by atoms with Gasteiger partial charge in [0.15, 0.2) is 0 Å². The number of hydrogen-bond acceptors (Lipinski definition) is 4. The molecule has 6 heteroatoms. The highest BCUT2D eigenvalue weighted by Crippen LogP contribution is 2.23. The molecule has 0 saturated carbocycles. The van der Waals surface area contributed by atoms with Gasteiger partial charge in [-0.15, -0.1) is 0 Å². The van der Waals surface area contributed by atoms with Crippen LogP contribution in [0, 0.1) is 6.92 Å². The second-order valence-electron chi connectivity index (χ2n) is 6.07. The molecule has 0 spiro atoms. The molecule has 0 saturated heterocycles. The molecule has 28 heavy (non-hydrogen) atoms. The summed E-state index contributed by atoms with van der Waals surface area (Å²) >= 11 is 0. The van der Waals surface area contributed by atoms with Crippen LogP contribution in [-0.2, 0) is 0 Å². The maximum atomic E-state index is 13.2. The molecule has 0 aliphatic heterocycles. The van der Waals surface area contributed by atoms with Crippen molar-refractivity contribution >= 4 is 29.4 Å². The molecular weight excluding hydrogens is 352 g/mol. The van der Waals surface area contributed by atoms with Crippen molar-refractivity contribution in [2.75, 3.05) is 10.3 Å². The number of aryl methyl sites for hydroxylation is 1. The highest BCUT2D eigenvalue weighted by Gasteiger charge is 2.21. The van der Waals surface area contributed by atoms with Crippen LogP contribution in [0.5, 0.6) is 0 Å². The molecule has 1 aromatic heterocycles. The average Bonchev–Trinajstić information content (AvgIpc) is 2.73. The molecule has 0 radical (unpaired) electrons. The predicted octanol–water partition coefficient (Wildman–Crippen LogP) is 4.29. The number of rotatable bonds is 5. The molecule has 0 fully saturated rings. The van der Waals surface area contributed by atoms with Gasteiger partial charge in [-0.3, -0.25) is 14.6 Å². The lowest BCUT2D eigenvalue weighted by atomic mass is 10.1. The summed E-state index contributed by atoms with van der Waals surface area (Å²) in [5.41, 5.74) is 2.88. The third-order valence-electron chi connectivity index (χ3n) is 4.03. The van der Waals surface area contributed by atoms with Crippen LogP contribution >= 0.6 is 0 Å². The van der Waals surface area contributed by atoms with Gasteiger partial charge in [-0.2, -0.15) is 10.1 Å². The molecule has 140 valence electrons. The van der Waals surface area contributed by atoms with Gasteiger partial charge in [-0.25, -0.2) is 0 Å². The second kappa shape index (κ2) is 8.73. The van der Waals surface area contributed by atoms with E-state index in [0.29, 0.717) is 22.5 Å². The SMILES string of the molecule is CC=NN(C(=O)c1ccccc1NC(=O)c1cccnc1)c1ccc(C)cc1. The topological polar surface area (TPSA) is 74.7 Å². The van der Waals surface area contributed by atoms with Crippen molar-refractivity contribution in [1.82, 2.24) is 4.98 Å². The van der Waals surface area contributed by atoms with E-state index in [1.165, 1.54) is 11.2 Å². The molecule has 1 heterocycles. The van der Waals surface area contributed by atoms with E-state index in [1.54, 1.807) is 55.7 Å². The third-order valence-corrected chi connectivity index (χ3v) is 4.03. The van der Waals surface area contributed by atoms with E-state index >= 15 is 0 Å². The van der Waals surface area contributed by atoms with Crippen LogP contribution in [0.1, 0.15) is 33.2 Å². The summed E-state index contributed by atoms with van der Waals surface area (Å²) in [4.78, 5) is 29.6. The zero-order valence-electron chi connectivity index (χ0n) is 15.7. The number of para-hydroxylation sites is 1. The Balaban J connectivity index is 1.92. The van der Waals surface area contributed by atoms with Gasteiger partial charge in [-0.05, 0) is 50.2 Å². The number of anilines is 2. The lowest BCUT2D eigenvalue weighted by Crippen LogP contribution is -2.27. The van der Waals surface area contributed by atoms with Crippen molar-refractivity contribution in [3.8, 4) is 0 Å². The van der Waals surface area contributed by atoms with Crippen LogP contribution < -0.4 is 10.3 Å². The van der Waals surface area contributed by atoms with Gasteiger partial charge in [-0.1, -0.05) is 29.8 Å². The molecule has 0 aliphatic carbocycles. The molecule has 0 atom stereocenters. The molecule has 6 nitrogen and oxygen atoms in total. The van der Waals surface area contributed by atoms with Crippen LogP contribution in [0.3, 0.4) is 0 Å². The minimum atomic E-state index is -0.343. The summed E-state index contributed by atoms with van der Waals surface area (Å²) in [6, 6.07) is 17.7. The van der Waals surface area contributed by atoms with Crippen LogP contribution in [0.4, 0.5) is 11.4 Å². The Hall–Kier alpha value is -3.80. The fourth-order valence-corrected chi connectivity index (χ4v) is 2.62. The Kier molecular flexibility index (Phi) is 5.91. The summed E-state index contributed by atoms with van der Waals surface area (Å²) in [5.74, 6) is -0.682. The summed E-state index contributed by atoms with van der Waals surface area (Å²) in [6.07, 6.45) is 4.62. The summed E-state index contributed by atoms with van der Waals surface area (Å²) in [5, 5.41) is 8.32. The van der Waals surface area contributed by atoms with E-state index in [-0.39, 0.29) is 11.8 Å². The number of benzene rings is 2. The Morgan fingerprint density at radius 1 is 1.04 bits per heavy atom. The fourth-order valence-electron chi connectivity index (χ4n) is 2.62. The molecule has 3 rings (SSSR count). The maximum Gasteiger partial charge on any atom is 0.280 e. The van der Waals surface area contributed by atoms with Crippen molar-refractivity contribution < 1.29 is 9.59 Å². The number of nitrogens with one attached hydrogen (secondary N) is 1. The Bertz CT molecular complexity index is 999. The van der Waals surface area contributed by atoms with Crippen LogP contribution in [-0.4, -0.2) is 23.0 Å². The summed E-state index contributed by atoms with van der Waals surface area (Å²) < 4.78 is 0. The zero-order chi connectivity index (χ0) is 19.9. The molecule has 2 amide bonds. The van der Waals surface area contributed by atoms with Crippen molar-refractivity contribution in [2.45, 2.75) is 13.8 Å². The average molecular weight is 372 g/mol. The van der Waals surface area contributed by atoms with Gasteiger partial charge >= 0.3 is 0 Å². The number of hydrogen-bond donors (Lipinski definition) is 1. The number of amides is 2. The van der Waals surface area contributed by atoms with Crippen molar-refractivity contribution in [1.29, 1.82) is 0 Å². The lowest BCUT2D eigenvalue weighted by molar-refractivity contribution is 0.0988. The van der Waals surface area contributed by atoms with E-state index in [1.807, 2.05) is 31.2 Å². The Morgan fingerprint density at radius 2 is 1.79 bits per heavy atom. The summed E-state index contributed by atoms with van der Waals surface area (Å²) in [6.45, 7) is 3.72. The first-order valence-electron chi connectivity index (χ1n) is 8.80. The molecule has 1 N–H and O–H groups in total. The van der Waals surface area contributed by atoms with E-state index in [0.717, 1.165) is 5.56 Å². The number of nitrogens with zero attached hydrogens (tertiary/aromatic N) is 3. The van der Waals surface area contributed by atoms with Gasteiger partial charge in [0.2, 0.25) is 0 Å². The smallest absolute Gasteiger partial charge is 0.280 e. The lowest BCUT2D eigenvalue weighted by Gasteiger charge is -2.19. The number of hydrazone groups is 1. The first-order chi connectivity index (χ1) is 13.6. The van der Waals surface area contributed by atoms with Crippen molar-refractivity contribution in [2.24, 2.45) is 5.10 Å². The molecule has 0 unspecified atom stereocenters. The first-order valence-corrected chi connectivity index (χ1v) is 8.80. The highest BCUT2D eigenvalue weighted by atomic mass is 16.2. The molecule has 0 aliphatic rings. The first kappa shape index (κ1) is 19.0. The largest absolute Gasteiger partial charge is 0.321 e. The normalized spacial score (nSPS) is 10.6. The van der Waals surface area contributed by atoms with E-state index in [4.69, 9.17) is 0 Å². The quantitative estimate of drug-likeness (QED) is 0.536. The minimum absolute atomic E-state index is 0.339. The van der Waals surface area contributed by atoms with Gasteiger partial charge < -0.3 is 5.32 Å².